The molecule has 0 aliphatic carbocycles. The Morgan fingerprint density at radius 1 is 1.08 bits per heavy atom. The van der Waals surface area contributed by atoms with Crippen LogP contribution in [0.15, 0.2) is 42.5 Å². The number of sulfone groups is 1. The fraction of sp³-hybridized carbons (Fsp3) is 0.316. The molecule has 25 heavy (non-hydrogen) atoms. The van der Waals surface area contributed by atoms with Crippen LogP contribution in [0.3, 0.4) is 0 Å². The van der Waals surface area contributed by atoms with Crippen molar-refractivity contribution in [3.8, 4) is 5.75 Å². The van der Waals surface area contributed by atoms with E-state index in [9.17, 15) is 13.2 Å². The predicted octanol–water partition coefficient (Wildman–Crippen LogP) is 2.90. The van der Waals surface area contributed by atoms with E-state index in [1.165, 1.54) is 24.0 Å². The van der Waals surface area contributed by atoms with E-state index in [2.05, 4.69) is 0 Å². The summed E-state index contributed by atoms with van der Waals surface area (Å²) in [6, 6.07) is 12.5. The second-order valence-corrected chi connectivity index (χ2v) is 8.29. The molecule has 0 saturated carbocycles. The fourth-order valence-corrected chi connectivity index (χ4v) is 3.08. The average Bonchev–Trinajstić information content (AvgIpc) is 2.54. The van der Waals surface area contributed by atoms with Crippen molar-refractivity contribution >= 4 is 15.8 Å². The lowest BCUT2D eigenvalue weighted by Gasteiger charge is -2.13. The van der Waals surface area contributed by atoms with Gasteiger partial charge in [-0.2, -0.15) is 0 Å². The summed E-state index contributed by atoms with van der Waals surface area (Å²) in [5.74, 6) is -0.622. The lowest BCUT2D eigenvalue weighted by Crippen LogP contribution is -2.10. The van der Waals surface area contributed by atoms with Gasteiger partial charge < -0.3 is 9.84 Å². The highest BCUT2D eigenvalue weighted by Crippen LogP contribution is 2.22. The monoisotopic (exact) mass is 362 g/mol. The minimum absolute atomic E-state index is 0.00638. The van der Waals surface area contributed by atoms with E-state index in [0.717, 1.165) is 5.56 Å². The number of carbonyl (C=O) groups is 1. The van der Waals surface area contributed by atoms with Gasteiger partial charge in [0, 0.05) is 12.7 Å². The molecule has 0 bridgehead atoms. The van der Waals surface area contributed by atoms with E-state index in [-0.39, 0.29) is 11.3 Å². The minimum atomic E-state index is -3.11. The number of benzene rings is 2. The van der Waals surface area contributed by atoms with Crippen LogP contribution in [0.4, 0.5) is 0 Å². The van der Waals surface area contributed by atoms with E-state index in [1.54, 1.807) is 6.07 Å². The molecule has 2 aromatic carbocycles. The molecule has 0 aromatic heterocycles. The maximum absolute atomic E-state index is 11.4. The molecular formula is C19H22O5S. The van der Waals surface area contributed by atoms with E-state index in [0.29, 0.717) is 30.8 Å². The Morgan fingerprint density at radius 3 is 2.44 bits per heavy atom. The van der Waals surface area contributed by atoms with Crippen molar-refractivity contribution in [2.75, 3.05) is 18.6 Å². The molecule has 0 saturated heterocycles. The Morgan fingerprint density at radius 2 is 1.80 bits per heavy atom. The highest BCUT2D eigenvalue weighted by Gasteiger charge is 2.12. The van der Waals surface area contributed by atoms with Crippen LogP contribution < -0.4 is 4.74 Å². The number of carboxylic acids is 1. The van der Waals surface area contributed by atoms with Crippen LogP contribution >= 0.6 is 0 Å². The van der Waals surface area contributed by atoms with Gasteiger partial charge in [-0.25, -0.2) is 13.2 Å². The zero-order valence-electron chi connectivity index (χ0n) is 14.4. The van der Waals surface area contributed by atoms with Gasteiger partial charge in [0.1, 0.15) is 15.6 Å². The van der Waals surface area contributed by atoms with Crippen molar-refractivity contribution in [3.05, 3.63) is 64.7 Å². The van der Waals surface area contributed by atoms with Crippen molar-refractivity contribution in [2.24, 2.45) is 0 Å². The number of ether oxygens (including phenoxy) is 1. The lowest BCUT2D eigenvalue weighted by molar-refractivity contribution is 0.0696. The molecule has 0 spiro atoms. The first-order chi connectivity index (χ1) is 11.8. The highest BCUT2D eigenvalue weighted by atomic mass is 32.2. The molecule has 0 heterocycles. The van der Waals surface area contributed by atoms with Gasteiger partial charge in [-0.1, -0.05) is 30.3 Å². The molecule has 5 nitrogen and oxygen atoms in total. The Balaban J connectivity index is 2.13. The van der Waals surface area contributed by atoms with E-state index in [1.807, 2.05) is 31.2 Å². The second kappa shape index (κ2) is 8.16. The van der Waals surface area contributed by atoms with Gasteiger partial charge >= 0.3 is 5.97 Å². The molecule has 2 rings (SSSR count). The molecule has 134 valence electrons. The van der Waals surface area contributed by atoms with Gasteiger partial charge in [-0.3, -0.25) is 0 Å². The molecule has 0 radical (unpaired) electrons. The van der Waals surface area contributed by atoms with Crippen molar-refractivity contribution in [3.63, 3.8) is 0 Å². The smallest absolute Gasteiger partial charge is 0.335 e. The quantitative estimate of drug-likeness (QED) is 0.781. The summed E-state index contributed by atoms with van der Waals surface area (Å²) in [5, 5.41) is 9.15. The van der Waals surface area contributed by atoms with Crippen LogP contribution in [0.1, 0.15) is 27.0 Å². The number of rotatable bonds is 8. The van der Waals surface area contributed by atoms with Crippen molar-refractivity contribution in [1.82, 2.24) is 0 Å². The van der Waals surface area contributed by atoms with Gasteiger partial charge in [0.2, 0.25) is 0 Å². The fourth-order valence-electron chi connectivity index (χ4n) is 2.49. The normalized spacial score (nSPS) is 11.3. The minimum Gasteiger partial charge on any atom is -0.493 e. The summed E-state index contributed by atoms with van der Waals surface area (Å²) in [5.41, 5.74) is 3.14. The van der Waals surface area contributed by atoms with Gasteiger partial charge in [0.05, 0.1) is 17.9 Å². The SMILES string of the molecule is Cc1ccccc1CCOc1cc(C(=O)O)ccc1CCS(C)(=O)=O. The third-order valence-electron chi connectivity index (χ3n) is 3.95. The largest absolute Gasteiger partial charge is 0.493 e. The molecule has 2 aromatic rings. The third-order valence-corrected chi connectivity index (χ3v) is 4.89. The van der Waals surface area contributed by atoms with E-state index >= 15 is 0 Å². The first kappa shape index (κ1) is 19.0. The van der Waals surface area contributed by atoms with Gasteiger partial charge in [-0.05, 0) is 42.2 Å². The summed E-state index contributed by atoms with van der Waals surface area (Å²) >= 11 is 0. The van der Waals surface area contributed by atoms with Crippen LogP contribution in [0.5, 0.6) is 5.75 Å². The van der Waals surface area contributed by atoms with Crippen molar-refractivity contribution in [1.29, 1.82) is 0 Å². The van der Waals surface area contributed by atoms with E-state index < -0.39 is 15.8 Å². The van der Waals surface area contributed by atoms with Crippen LogP contribution in [-0.2, 0) is 22.7 Å². The molecule has 6 heteroatoms. The Kier molecular flexibility index (Phi) is 6.20. The zero-order chi connectivity index (χ0) is 18.4. The van der Waals surface area contributed by atoms with Crippen molar-refractivity contribution in [2.45, 2.75) is 19.8 Å². The van der Waals surface area contributed by atoms with Crippen LogP contribution in [0.2, 0.25) is 0 Å². The molecule has 0 fully saturated rings. The first-order valence-electron chi connectivity index (χ1n) is 7.97. The van der Waals surface area contributed by atoms with Crippen LogP contribution in [0, 0.1) is 6.92 Å². The molecular weight excluding hydrogens is 340 g/mol. The van der Waals surface area contributed by atoms with E-state index in [4.69, 9.17) is 9.84 Å². The zero-order valence-corrected chi connectivity index (χ0v) is 15.2. The number of hydrogen-bond acceptors (Lipinski definition) is 4. The van der Waals surface area contributed by atoms with Crippen molar-refractivity contribution < 1.29 is 23.1 Å². The number of hydrogen-bond donors (Lipinski definition) is 1. The van der Waals surface area contributed by atoms with Gasteiger partial charge in [0.15, 0.2) is 0 Å². The summed E-state index contributed by atoms with van der Waals surface area (Å²) in [6.07, 6.45) is 2.16. The Bertz CT molecular complexity index is 856. The Hall–Kier alpha value is -2.34. The lowest BCUT2D eigenvalue weighted by atomic mass is 10.1. The average molecular weight is 362 g/mol. The number of aryl methyl sites for hydroxylation is 2. The molecule has 0 aliphatic heterocycles. The number of aromatic carboxylic acids is 1. The maximum atomic E-state index is 11.4. The maximum Gasteiger partial charge on any atom is 0.335 e. The summed E-state index contributed by atoms with van der Waals surface area (Å²) in [7, 11) is -3.11. The van der Waals surface area contributed by atoms with Crippen LogP contribution in [-0.4, -0.2) is 38.1 Å². The first-order valence-corrected chi connectivity index (χ1v) is 10.0. The topological polar surface area (TPSA) is 80.7 Å². The number of carboxylic acid groups (broad SMARTS) is 1. The molecule has 0 atom stereocenters. The molecule has 0 unspecified atom stereocenters. The van der Waals surface area contributed by atoms with Gasteiger partial charge in [0.25, 0.3) is 0 Å². The predicted molar refractivity (Wildman–Crippen MR) is 97.2 cm³/mol. The van der Waals surface area contributed by atoms with Gasteiger partial charge in [-0.15, -0.1) is 0 Å². The summed E-state index contributed by atoms with van der Waals surface area (Å²) in [4.78, 5) is 11.2. The standard InChI is InChI=1S/C19H22O5S/c1-14-5-3-4-6-15(14)9-11-24-18-13-17(19(20)21)8-7-16(18)10-12-25(2,22)23/h3-8,13H,9-12H2,1-2H3,(H,20,21). The second-order valence-electron chi connectivity index (χ2n) is 6.03. The third kappa shape index (κ3) is 5.90. The Labute approximate surface area is 148 Å². The highest BCUT2D eigenvalue weighted by molar-refractivity contribution is 7.90. The summed E-state index contributed by atoms with van der Waals surface area (Å²) < 4.78 is 28.6. The molecule has 1 N–H and O–H groups in total. The molecule has 0 amide bonds. The summed E-state index contributed by atoms with van der Waals surface area (Å²) in [6.45, 7) is 2.41. The molecule has 0 aliphatic rings. The van der Waals surface area contributed by atoms with Crippen LogP contribution in [0.25, 0.3) is 0 Å².